The van der Waals surface area contributed by atoms with Gasteiger partial charge >= 0.3 is 0 Å². The standard InChI is InChI=1S/C22H28N4O5/c1-12-5-7-26(8-6-12)22-24-20-18(21(28)25-22)14(11-17(27)23-20)13-9-15(29-2)19(31-4)16(10-13)30-3/h9-10,12,14H,5-8,11H2,1-4H3,(H2,23,24,25,27,28). The Bertz CT molecular complexity index is 1020. The summed E-state index contributed by atoms with van der Waals surface area (Å²) in [4.78, 5) is 35.3. The maximum atomic E-state index is 13.2. The molecule has 0 saturated carbocycles. The largest absolute Gasteiger partial charge is 0.493 e. The fraction of sp³-hybridized carbons (Fsp3) is 0.500. The van der Waals surface area contributed by atoms with Gasteiger partial charge in [-0.15, -0.1) is 0 Å². The van der Waals surface area contributed by atoms with E-state index >= 15 is 0 Å². The van der Waals surface area contributed by atoms with Crippen molar-refractivity contribution in [2.24, 2.45) is 5.92 Å². The van der Waals surface area contributed by atoms with Gasteiger partial charge < -0.3 is 24.4 Å². The molecular formula is C22H28N4O5. The molecule has 166 valence electrons. The Kier molecular flexibility index (Phi) is 5.75. The molecule has 2 N–H and O–H groups in total. The number of amides is 1. The Morgan fingerprint density at radius 1 is 1.03 bits per heavy atom. The van der Waals surface area contributed by atoms with Gasteiger partial charge in [0.1, 0.15) is 5.82 Å². The molecule has 1 aromatic heterocycles. The number of ether oxygens (including phenoxy) is 3. The van der Waals surface area contributed by atoms with E-state index in [1.54, 1.807) is 12.1 Å². The maximum Gasteiger partial charge on any atom is 0.258 e. The van der Waals surface area contributed by atoms with Crippen LogP contribution >= 0.6 is 0 Å². The second kappa shape index (κ2) is 8.49. The Balaban J connectivity index is 1.78. The van der Waals surface area contributed by atoms with Crippen molar-refractivity contribution in [3.63, 3.8) is 0 Å². The van der Waals surface area contributed by atoms with Crippen LogP contribution in [0, 0.1) is 5.92 Å². The minimum Gasteiger partial charge on any atom is -0.493 e. The van der Waals surface area contributed by atoms with Crippen LogP contribution < -0.4 is 30.0 Å². The first-order chi connectivity index (χ1) is 14.9. The molecule has 0 aliphatic carbocycles. The van der Waals surface area contributed by atoms with Crippen molar-refractivity contribution in [3.8, 4) is 17.2 Å². The van der Waals surface area contributed by atoms with E-state index in [-0.39, 0.29) is 17.9 Å². The summed E-state index contributed by atoms with van der Waals surface area (Å²) in [5.41, 5.74) is 0.901. The van der Waals surface area contributed by atoms with E-state index in [1.807, 2.05) is 0 Å². The molecule has 1 aromatic carbocycles. The van der Waals surface area contributed by atoms with Gasteiger partial charge in [-0.3, -0.25) is 14.6 Å². The van der Waals surface area contributed by atoms with Gasteiger partial charge in [-0.1, -0.05) is 6.92 Å². The fourth-order valence-electron chi connectivity index (χ4n) is 4.32. The van der Waals surface area contributed by atoms with Gasteiger partial charge in [0.2, 0.25) is 17.6 Å². The number of nitrogens with one attached hydrogen (secondary N) is 2. The number of carbonyl (C=O) groups excluding carboxylic acids is 1. The number of hydrogen-bond donors (Lipinski definition) is 2. The second-order valence-electron chi connectivity index (χ2n) is 8.08. The lowest BCUT2D eigenvalue weighted by atomic mass is 9.86. The van der Waals surface area contributed by atoms with Crippen molar-refractivity contribution in [1.29, 1.82) is 0 Å². The van der Waals surface area contributed by atoms with E-state index in [9.17, 15) is 9.59 Å². The molecule has 1 saturated heterocycles. The van der Waals surface area contributed by atoms with Gasteiger partial charge in [0.15, 0.2) is 11.5 Å². The van der Waals surface area contributed by atoms with Crippen LogP contribution in [0.25, 0.3) is 0 Å². The highest BCUT2D eigenvalue weighted by molar-refractivity contribution is 5.94. The van der Waals surface area contributed by atoms with Gasteiger partial charge in [-0.2, -0.15) is 4.98 Å². The Labute approximate surface area is 180 Å². The molecule has 9 nitrogen and oxygen atoms in total. The highest BCUT2D eigenvalue weighted by Gasteiger charge is 2.33. The molecule has 2 aromatic rings. The molecule has 0 bridgehead atoms. The van der Waals surface area contributed by atoms with Crippen LogP contribution in [0.1, 0.15) is 43.2 Å². The third-order valence-corrected chi connectivity index (χ3v) is 6.11. The number of carbonyl (C=O) groups is 1. The lowest BCUT2D eigenvalue weighted by Gasteiger charge is -2.32. The van der Waals surface area contributed by atoms with E-state index in [0.29, 0.717) is 40.5 Å². The molecule has 4 rings (SSSR count). The zero-order valence-electron chi connectivity index (χ0n) is 18.3. The average Bonchev–Trinajstić information content (AvgIpc) is 2.77. The molecule has 3 heterocycles. The molecule has 9 heteroatoms. The summed E-state index contributed by atoms with van der Waals surface area (Å²) < 4.78 is 16.3. The third kappa shape index (κ3) is 3.92. The molecular weight excluding hydrogens is 400 g/mol. The molecule has 0 spiro atoms. The van der Waals surface area contributed by atoms with E-state index < -0.39 is 5.92 Å². The summed E-state index contributed by atoms with van der Waals surface area (Å²) in [7, 11) is 4.59. The predicted octanol–water partition coefficient (Wildman–Crippen LogP) is 2.51. The number of fused-ring (bicyclic) bond motifs is 1. The van der Waals surface area contributed by atoms with E-state index in [0.717, 1.165) is 31.5 Å². The average molecular weight is 428 g/mol. The molecule has 2 aliphatic rings. The third-order valence-electron chi connectivity index (χ3n) is 6.11. The summed E-state index contributed by atoms with van der Waals surface area (Å²) in [6.07, 6.45) is 2.21. The van der Waals surface area contributed by atoms with Crippen LogP contribution in [0.15, 0.2) is 16.9 Å². The summed E-state index contributed by atoms with van der Waals surface area (Å²) in [5, 5.41) is 2.78. The quantitative estimate of drug-likeness (QED) is 0.754. The molecule has 1 unspecified atom stereocenters. The number of hydrogen-bond acceptors (Lipinski definition) is 7. The monoisotopic (exact) mass is 428 g/mol. The van der Waals surface area contributed by atoms with Gasteiger partial charge in [0.05, 0.1) is 26.9 Å². The van der Waals surface area contributed by atoms with Gasteiger partial charge in [0, 0.05) is 25.4 Å². The second-order valence-corrected chi connectivity index (χ2v) is 8.08. The van der Waals surface area contributed by atoms with E-state index in [1.165, 1.54) is 21.3 Å². The van der Waals surface area contributed by atoms with Crippen molar-refractivity contribution < 1.29 is 19.0 Å². The number of anilines is 2. The zero-order valence-corrected chi connectivity index (χ0v) is 18.3. The minimum absolute atomic E-state index is 0.122. The lowest BCUT2D eigenvalue weighted by Crippen LogP contribution is -2.37. The number of aromatic amines is 1. The van der Waals surface area contributed by atoms with E-state index in [4.69, 9.17) is 14.2 Å². The minimum atomic E-state index is -0.482. The number of rotatable bonds is 5. The van der Waals surface area contributed by atoms with E-state index in [2.05, 4.69) is 27.1 Å². The molecule has 0 radical (unpaired) electrons. The van der Waals surface area contributed by atoms with Crippen molar-refractivity contribution in [1.82, 2.24) is 9.97 Å². The van der Waals surface area contributed by atoms with Crippen molar-refractivity contribution in [2.45, 2.75) is 32.1 Å². The molecule has 31 heavy (non-hydrogen) atoms. The summed E-state index contributed by atoms with van der Waals surface area (Å²) >= 11 is 0. The Morgan fingerprint density at radius 3 is 2.26 bits per heavy atom. The summed E-state index contributed by atoms with van der Waals surface area (Å²) in [5.74, 6) is 2.18. The van der Waals surface area contributed by atoms with Gasteiger partial charge in [0.25, 0.3) is 5.56 Å². The van der Waals surface area contributed by atoms with Gasteiger partial charge in [-0.05, 0) is 36.5 Å². The summed E-state index contributed by atoms with van der Waals surface area (Å²) in [6, 6.07) is 3.54. The normalized spacial score (nSPS) is 18.9. The first-order valence-corrected chi connectivity index (χ1v) is 10.4. The summed E-state index contributed by atoms with van der Waals surface area (Å²) in [6.45, 7) is 3.88. The Hall–Kier alpha value is -3.23. The molecule has 1 fully saturated rings. The number of aromatic nitrogens is 2. The van der Waals surface area contributed by atoms with Crippen molar-refractivity contribution in [3.05, 3.63) is 33.6 Å². The van der Waals surface area contributed by atoms with Crippen LogP contribution in [0.4, 0.5) is 11.8 Å². The molecule has 1 atom stereocenters. The first kappa shape index (κ1) is 21.0. The number of H-pyrrole nitrogens is 1. The predicted molar refractivity (Wildman–Crippen MR) is 117 cm³/mol. The SMILES string of the molecule is COc1cc(C2CC(=O)Nc3nc(N4CCC(C)CC4)[nH]c(=O)c32)cc(OC)c1OC. The van der Waals surface area contributed by atoms with Crippen LogP contribution in [-0.4, -0.2) is 50.3 Å². The number of nitrogens with zero attached hydrogens (tertiary/aromatic N) is 2. The number of piperidine rings is 1. The molecule has 1 amide bonds. The molecule has 2 aliphatic heterocycles. The van der Waals surface area contributed by atoms with Crippen molar-refractivity contribution >= 4 is 17.7 Å². The fourth-order valence-corrected chi connectivity index (χ4v) is 4.32. The highest BCUT2D eigenvalue weighted by Crippen LogP contribution is 2.43. The van der Waals surface area contributed by atoms with Crippen LogP contribution in [0.2, 0.25) is 0 Å². The zero-order chi connectivity index (χ0) is 22.1. The topological polar surface area (TPSA) is 106 Å². The van der Waals surface area contributed by atoms with Crippen LogP contribution in [0.3, 0.4) is 0 Å². The van der Waals surface area contributed by atoms with Crippen LogP contribution in [0.5, 0.6) is 17.2 Å². The highest BCUT2D eigenvalue weighted by atomic mass is 16.5. The first-order valence-electron chi connectivity index (χ1n) is 10.4. The van der Waals surface area contributed by atoms with Gasteiger partial charge in [-0.25, -0.2) is 0 Å². The van der Waals surface area contributed by atoms with Crippen molar-refractivity contribution in [2.75, 3.05) is 44.6 Å². The smallest absolute Gasteiger partial charge is 0.258 e. The number of methoxy groups -OCH3 is 3. The van der Waals surface area contributed by atoms with Crippen LogP contribution in [-0.2, 0) is 4.79 Å². The number of benzene rings is 1. The Morgan fingerprint density at radius 2 is 1.68 bits per heavy atom. The maximum absolute atomic E-state index is 13.2. The lowest BCUT2D eigenvalue weighted by molar-refractivity contribution is -0.116.